The third-order valence-electron chi connectivity index (χ3n) is 4.72. The fourth-order valence-corrected chi connectivity index (χ4v) is 4.27. The van der Waals surface area contributed by atoms with Gasteiger partial charge in [-0.3, -0.25) is 9.10 Å². The first-order chi connectivity index (χ1) is 15.0. The van der Waals surface area contributed by atoms with Crippen LogP contribution in [0.15, 0.2) is 76.2 Å². The molecule has 10 heteroatoms. The molecular formula is C22H21F3N2O4S. The number of hydrogen-bond donors (Lipinski definition) is 0. The average molecular weight is 466 g/mol. The summed E-state index contributed by atoms with van der Waals surface area (Å²) >= 11 is 0. The Balaban J connectivity index is 1.91. The highest BCUT2D eigenvalue weighted by Crippen LogP contribution is 2.25. The number of alkyl halides is 3. The van der Waals surface area contributed by atoms with Crippen LogP contribution in [0, 0.1) is 6.92 Å². The standard InChI is InChI=1S/C22H21F3N2O4S/c1-16-8-10-18(11-9-16)26(2)32(29,30)20-7-3-5-17(13-20)21(28)27(15-22(23,24)25)14-19-6-4-12-31-19/h3-13H,14-15H2,1-2H3. The zero-order valence-electron chi connectivity index (χ0n) is 17.3. The highest BCUT2D eigenvalue weighted by atomic mass is 32.2. The van der Waals surface area contributed by atoms with Crippen molar-refractivity contribution in [3.63, 3.8) is 0 Å². The number of carbonyl (C=O) groups is 1. The van der Waals surface area contributed by atoms with Crippen LogP contribution in [0.4, 0.5) is 18.9 Å². The fourth-order valence-electron chi connectivity index (χ4n) is 3.03. The molecule has 0 saturated carbocycles. The number of hydrogen-bond acceptors (Lipinski definition) is 4. The molecule has 3 aromatic rings. The minimum Gasteiger partial charge on any atom is -0.467 e. The van der Waals surface area contributed by atoms with E-state index in [1.165, 1.54) is 43.6 Å². The number of benzene rings is 2. The number of nitrogens with zero attached hydrogens (tertiary/aromatic N) is 2. The molecule has 6 nitrogen and oxygen atoms in total. The van der Waals surface area contributed by atoms with Crippen LogP contribution in [-0.2, 0) is 16.6 Å². The first-order valence-electron chi connectivity index (χ1n) is 9.51. The predicted octanol–water partition coefficient (Wildman–Crippen LogP) is 4.62. The Morgan fingerprint density at radius 1 is 1.03 bits per heavy atom. The van der Waals surface area contributed by atoms with E-state index in [9.17, 15) is 26.4 Å². The normalized spacial score (nSPS) is 11.9. The maximum atomic E-state index is 13.1. The Bertz CT molecular complexity index is 1170. The molecule has 0 aliphatic carbocycles. The van der Waals surface area contributed by atoms with Gasteiger partial charge in [-0.1, -0.05) is 23.8 Å². The molecule has 2 aromatic carbocycles. The van der Waals surface area contributed by atoms with E-state index in [4.69, 9.17) is 4.42 Å². The molecule has 0 unspecified atom stereocenters. The van der Waals surface area contributed by atoms with Gasteiger partial charge in [-0.05, 0) is 49.4 Å². The van der Waals surface area contributed by atoms with Gasteiger partial charge in [0.1, 0.15) is 12.3 Å². The van der Waals surface area contributed by atoms with Crippen molar-refractivity contribution in [2.45, 2.75) is 24.5 Å². The van der Waals surface area contributed by atoms with Crippen LogP contribution < -0.4 is 4.31 Å². The average Bonchev–Trinajstić information content (AvgIpc) is 3.25. The van der Waals surface area contributed by atoms with Crippen LogP contribution in [0.2, 0.25) is 0 Å². The maximum Gasteiger partial charge on any atom is 0.406 e. The maximum absolute atomic E-state index is 13.1. The predicted molar refractivity (Wildman–Crippen MR) is 113 cm³/mol. The molecule has 0 saturated heterocycles. The molecule has 1 amide bonds. The first kappa shape index (κ1) is 23.4. The molecule has 0 radical (unpaired) electrons. The topological polar surface area (TPSA) is 70.8 Å². The second kappa shape index (κ2) is 9.07. The van der Waals surface area contributed by atoms with Gasteiger partial charge >= 0.3 is 6.18 Å². The van der Waals surface area contributed by atoms with E-state index in [2.05, 4.69) is 0 Å². The van der Waals surface area contributed by atoms with E-state index in [0.717, 1.165) is 15.9 Å². The van der Waals surface area contributed by atoms with Crippen LogP contribution in [0.5, 0.6) is 0 Å². The molecule has 0 spiro atoms. The quantitative estimate of drug-likeness (QED) is 0.510. The van der Waals surface area contributed by atoms with Gasteiger partial charge in [0.15, 0.2) is 0 Å². The van der Waals surface area contributed by atoms with Crippen molar-refractivity contribution in [3.05, 3.63) is 83.8 Å². The van der Waals surface area contributed by atoms with Crippen molar-refractivity contribution in [1.82, 2.24) is 4.90 Å². The number of sulfonamides is 1. The van der Waals surface area contributed by atoms with Crippen molar-refractivity contribution in [2.24, 2.45) is 0 Å². The zero-order chi connectivity index (χ0) is 23.5. The molecule has 0 fully saturated rings. The van der Waals surface area contributed by atoms with Crippen molar-refractivity contribution in [3.8, 4) is 0 Å². The molecule has 32 heavy (non-hydrogen) atoms. The molecule has 0 atom stereocenters. The van der Waals surface area contributed by atoms with E-state index in [0.29, 0.717) is 10.6 Å². The molecule has 170 valence electrons. The number of rotatable bonds is 7. The SMILES string of the molecule is Cc1ccc(N(C)S(=O)(=O)c2cccc(C(=O)N(Cc3ccco3)CC(F)(F)F)c2)cc1. The Morgan fingerprint density at radius 3 is 2.31 bits per heavy atom. The van der Waals surface area contributed by atoms with Gasteiger partial charge in [-0.2, -0.15) is 13.2 Å². The van der Waals surface area contributed by atoms with Gasteiger partial charge in [0.25, 0.3) is 15.9 Å². The molecule has 0 aliphatic rings. The number of carbonyl (C=O) groups excluding carboxylic acids is 1. The van der Waals surface area contributed by atoms with Gasteiger partial charge in [0, 0.05) is 12.6 Å². The minimum atomic E-state index is -4.64. The van der Waals surface area contributed by atoms with Gasteiger partial charge in [0.2, 0.25) is 0 Å². The third kappa shape index (κ3) is 5.50. The van der Waals surface area contributed by atoms with Crippen molar-refractivity contribution < 1.29 is 30.8 Å². The summed E-state index contributed by atoms with van der Waals surface area (Å²) in [6, 6.07) is 14.7. The van der Waals surface area contributed by atoms with Crippen LogP contribution in [0.1, 0.15) is 21.7 Å². The molecular weight excluding hydrogens is 445 g/mol. The summed E-state index contributed by atoms with van der Waals surface area (Å²) in [5.41, 5.74) is 1.18. The lowest BCUT2D eigenvalue weighted by atomic mass is 10.2. The summed E-state index contributed by atoms with van der Waals surface area (Å²) < 4.78 is 71.4. The Kier molecular flexibility index (Phi) is 6.63. The second-order valence-electron chi connectivity index (χ2n) is 7.19. The monoisotopic (exact) mass is 466 g/mol. The molecule has 0 N–H and O–H groups in total. The zero-order valence-corrected chi connectivity index (χ0v) is 18.2. The van der Waals surface area contributed by atoms with Gasteiger partial charge in [0.05, 0.1) is 23.4 Å². The lowest BCUT2D eigenvalue weighted by Gasteiger charge is -2.24. The first-order valence-corrected chi connectivity index (χ1v) is 11.0. The summed E-state index contributed by atoms with van der Waals surface area (Å²) in [7, 11) is -2.69. The van der Waals surface area contributed by atoms with Gasteiger partial charge in [-0.15, -0.1) is 0 Å². The van der Waals surface area contributed by atoms with E-state index in [-0.39, 0.29) is 16.2 Å². The lowest BCUT2D eigenvalue weighted by molar-refractivity contribution is -0.142. The number of amides is 1. The summed E-state index contributed by atoms with van der Waals surface area (Å²) in [6.07, 6.45) is -3.35. The highest BCUT2D eigenvalue weighted by Gasteiger charge is 2.34. The summed E-state index contributed by atoms with van der Waals surface area (Å²) in [5, 5.41) is 0. The summed E-state index contributed by atoms with van der Waals surface area (Å²) in [4.78, 5) is 13.2. The Hall–Kier alpha value is -3.27. The largest absolute Gasteiger partial charge is 0.467 e. The van der Waals surface area contributed by atoms with E-state index in [1.54, 1.807) is 24.3 Å². The number of furan rings is 1. The Morgan fingerprint density at radius 2 is 1.72 bits per heavy atom. The highest BCUT2D eigenvalue weighted by molar-refractivity contribution is 7.92. The van der Waals surface area contributed by atoms with Crippen molar-refractivity contribution >= 4 is 21.6 Å². The number of aryl methyl sites for hydroxylation is 1. The summed E-state index contributed by atoms with van der Waals surface area (Å²) in [6.45, 7) is -0.0544. The fraction of sp³-hybridized carbons (Fsp3) is 0.227. The van der Waals surface area contributed by atoms with E-state index >= 15 is 0 Å². The van der Waals surface area contributed by atoms with Gasteiger partial charge in [-0.25, -0.2) is 8.42 Å². The third-order valence-corrected chi connectivity index (χ3v) is 6.50. The number of halogens is 3. The lowest BCUT2D eigenvalue weighted by Crippen LogP contribution is -2.38. The number of anilines is 1. The van der Waals surface area contributed by atoms with Crippen LogP contribution in [-0.4, -0.2) is 39.0 Å². The van der Waals surface area contributed by atoms with Crippen LogP contribution in [0.25, 0.3) is 0 Å². The molecule has 0 bridgehead atoms. The minimum absolute atomic E-state index is 0.172. The Labute approximate surface area is 183 Å². The molecule has 0 aliphatic heterocycles. The summed E-state index contributed by atoms with van der Waals surface area (Å²) in [5.74, 6) is -0.792. The van der Waals surface area contributed by atoms with Gasteiger partial charge < -0.3 is 9.32 Å². The van der Waals surface area contributed by atoms with Crippen molar-refractivity contribution in [2.75, 3.05) is 17.9 Å². The molecule has 3 rings (SSSR count). The van der Waals surface area contributed by atoms with Crippen molar-refractivity contribution in [1.29, 1.82) is 0 Å². The van der Waals surface area contributed by atoms with E-state index in [1.807, 2.05) is 6.92 Å². The molecule has 1 aromatic heterocycles. The van der Waals surface area contributed by atoms with Crippen LogP contribution >= 0.6 is 0 Å². The van der Waals surface area contributed by atoms with E-state index < -0.39 is 35.2 Å². The smallest absolute Gasteiger partial charge is 0.406 e. The second-order valence-corrected chi connectivity index (χ2v) is 9.16. The molecule has 1 heterocycles. The van der Waals surface area contributed by atoms with Crippen LogP contribution in [0.3, 0.4) is 0 Å².